The van der Waals surface area contributed by atoms with E-state index in [0.29, 0.717) is 6.61 Å². The zero-order valence-corrected chi connectivity index (χ0v) is 15.8. The van der Waals surface area contributed by atoms with Crippen LogP contribution >= 0.6 is 15.9 Å². The Balaban J connectivity index is 2.54. The van der Waals surface area contributed by atoms with Crippen LogP contribution in [0.15, 0.2) is 22.7 Å². The smallest absolute Gasteiger partial charge is 0.329 e. The molecular formula is C18H27BrO4. The van der Waals surface area contributed by atoms with E-state index in [1.165, 1.54) is 24.8 Å². The Hall–Kier alpha value is -1.07. The predicted molar refractivity (Wildman–Crippen MR) is 95.3 cm³/mol. The van der Waals surface area contributed by atoms with Crippen molar-refractivity contribution in [1.29, 1.82) is 0 Å². The van der Waals surface area contributed by atoms with Gasteiger partial charge in [-0.2, -0.15) is 0 Å². The lowest BCUT2D eigenvalue weighted by atomic mass is 9.80. The van der Waals surface area contributed by atoms with Gasteiger partial charge >= 0.3 is 5.97 Å². The Kier molecular flexibility index (Phi) is 8.63. The number of hydrogen-bond acceptors (Lipinski definition) is 3. The number of carboxylic acid groups (broad SMARTS) is 1. The molecule has 1 aromatic carbocycles. The second-order valence-electron chi connectivity index (χ2n) is 6.28. The molecule has 0 atom stereocenters. The van der Waals surface area contributed by atoms with Crippen molar-refractivity contribution in [3.8, 4) is 5.75 Å². The minimum atomic E-state index is -0.971. The first kappa shape index (κ1) is 20.0. The number of carboxylic acids is 1. The van der Waals surface area contributed by atoms with Gasteiger partial charge in [-0.25, -0.2) is 4.79 Å². The van der Waals surface area contributed by atoms with Crippen LogP contribution in [0.3, 0.4) is 0 Å². The van der Waals surface area contributed by atoms with Crippen molar-refractivity contribution in [1.82, 2.24) is 0 Å². The van der Waals surface area contributed by atoms with Gasteiger partial charge < -0.3 is 14.6 Å². The van der Waals surface area contributed by atoms with Gasteiger partial charge in [0.05, 0.1) is 11.1 Å². The highest BCUT2D eigenvalue weighted by molar-refractivity contribution is 9.10. The van der Waals surface area contributed by atoms with E-state index in [2.05, 4.69) is 48.8 Å². The molecule has 0 radical (unpaired) electrons. The number of halogens is 1. The summed E-state index contributed by atoms with van der Waals surface area (Å²) in [5.41, 5.74) is 1.43. The van der Waals surface area contributed by atoms with Crippen LogP contribution in [0.1, 0.15) is 52.0 Å². The maximum atomic E-state index is 10.3. The molecule has 5 heteroatoms. The molecule has 0 fully saturated rings. The molecule has 0 saturated heterocycles. The van der Waals surface area contributed by atoms with E-state index in [9.17, 15) is 4.79 Å². The molecule has 0 unspecified atom stereocenters. The van der Waals surface area contributed by atoms with Crippen LogP contribution in [-0.2, 0) is 14.9 Å². The van der Waals surface area contributed by atoms with E-state index in [-0.39, 0.29) is 18.6 Å². The monoisotopic (exact) mass is 386 g/mol. The van der Waals surface area contributed by atoms with E-state index in [1.54, 1.807) is 0 Å². The average molecular weight is 387 g/mol. The van der Waals surface area contributed by atoms with Gasteiger partial charge in [-0.15, -0.1) is 0 Å². The molecule has 0 aliphatic carbocycles. The molecule has 0 amide bonds. The van der Waals surface area contributed by atoms with E-state index in [0.717, 1.165) is 16.6 Å². The molecule has 0 heterocycles. The van der Waals surface area contributed by atoms with E-state index < -0.39 is 5.97 Å². The van der Waals surface area contributed by atoms with Gasteiger partial charge in [0.25, 0.3) is 0 Å². The first-order valence-electron chi connectivity index (χ1n) is 8.09. The fourth-order valence-electron chi connectivity index (χ4n) is 2.37. The third-order valence-electron chi connectivity index (χ3n) is 3.83. The zero-order valence-electron chi connectivity index (χ0n) is 14.2. The zero-order chi connectivity index (χ0) is 17.3. The van der Waals surface area contributed by atoms with Crippen LogP contribution in [-0.4, -0.2) is 30.9 Å². The van der Waals surface area contributed by atoms with Gasteiger partial charge in [0, 0.05) is 0 Å². The Bertz CT molecular complexity index is 500. The van der Waals surface area contributed by atoms with Crippen LogP contribution in [0, 0.1) is 0 Å². The van der Waals surface area contributed by atoms with Gasteiger partial charge in [0.15, 0.2) is 0 Å². The van der Waals surface area contributed by atoms with Crippen LogP contribution < -0.4 is 4.74 Å². The molecule has 0 aliphatic heterocycles. The Morgan fingerprint density at radius 2 is 2.00 bits per heavy atom. The number of ether oxygens (including phenoxy) is 2. The van der Waals surface area contributed by atoms with Crippen molar-refractivity contribution >= 4 is 21.9 Å². The van der Waals surface area contributed by atoms with Crippen LogP contribution in [0.25, 0.3) is 0 Å². The first-order valence-corrected chi connectivity index (χ1v) is 8.88. The number of benzene rings is 1. The van der Waals surface area contributed by atoms with Crippen LogP contribution in [0.2, 0.25) is 0 Å². The lowest BCUT2D eigenvalue weighted by Gasteiger charge is -2.26. The molecule has 1 aromatic rings. The summed E-state index contributed by atoms with van der Waals surface area (Å²) in [7, 11) is 0. The predicted octanol–water partition coefficient (Wildman–Crippen LogP) is 4.79. The fourth-order valence-corrected chi connectivity index (χ4v) is 2.86. The first-order chi connectivity index (χ1) is 10.9. The van der Waals surface area contributed by atoms with Gasteiger partial charge in [-0.1, -0.05) is 46.1 Å². The van der Waals surface area contributed by atoms with Gasteiger partial charge in [-0.3, -0.25) is 0 Å². The fraction of sp³-hybridized carbons (Fsp3) is 0.611. The summed E-state index contributed by atoms with van der Waals surface area (Å²) in [5, 5.41) is 8.48. The molecule has 4 nitrogen and oxygen atoms in total. The van der Waals surface area contributed by atoms with Crippen molar-refractivity contribution < 1.29 is 19.4 Å². The second kappa shape index (κ2) is 9.93. The highest BCUT2D eigenvalue weighted by Crippen LogP contribution is 2.34. The topological polar surface area (TPSA) is 55.8 Å². The van der Waals surface area contributed by atoms with Crippen LogP contribution in [0.5, 0.6) is 5.75 Å². The Morgan fingerprint density at radius 3 is 2.61 bits per heavy atom. The quantitative estimate of drug-likeness (QED) is 0.555. The minimum Gasteiger partial charge on any atom is -0.490 e. The van der Waals surface area contributed by atoms with Gasteiger partial charge in [0.2, 0.25) is 0 Å². The van der Waals surface area contributed by atoms with E-state index >= 15 is 0 Å². The van der Waals surface area contributed by atoms with Crippen molar-refractivity contribution in [2.24, 2.45) is 0 Å². The molecular weight excluding hydrogens is 360 g/mol. The lowest BCUT2D eigenvalue weighted by Crippen LogP contribution is -2.17. The SMILES string of the molecule is CCCCCC(C)(C)c1ccc(OCCOCC(=O)O)c(Br)c1. The maximum Gasteiger partial charge on any atom is 0.329 e. The van der Waals surface area contributed by atoms with Crippen molar-refractivity contribution in [3.05, 3.63) is 28.2 Å². The summed E-state index contributed by atoms with van der Waals surface area (Å²) in [4.78, 5) is 10.3. The summed E-state index contributed by atoms with van der Waals surface area (Å²) in [6.07, 6.45) is 4.90. The summed E-state index contributed by atoms with van der Waals surface area (Å²) in [6.45, 7) is 7.04. The summed E-state index contributed by atoms with van der Waals surface area (Å²) in [5.74, 6) is -0.224. The van der Waals surface area contributed by atoms with Crippen molar-refractivity contribution in [2.45, 2.75) is 51.9 Å². The molecule has 1 N–H and O–H groups in total. The summed E-state index contributed by atoms with van der Waals surface area (Å²) in [6, 6.07) is 6.17. The normalized spacial score (nSPS) is 11.5. The number of hydrogen-bond donors (Lipinski definition) is 1. The molecule has 0 aromatic heterocycles. The average Bonchev–Trinajstić information content (AvgIpc) is 2.48. The number of carbonyl (C=O) groups is 1. The Labute approximate surface area is 147 Å². The molecule has 0 bridgehead atoms. The van der Waals surface area contributed by atoms with Gasteiger partial charge in [0.1, 0.15) is 19.0 Å². The molecule has 0 aliphatic rings. The van der Waals surface area contributed by atoms with Crippen LogP contribution in [0.4, 0.5) is 0 Å². The lowest BCUT2D eigenvalue weighted by molar-refractivity contribution is -0.142. The highest BCUT2D eigenvalue weighted by atomic mass is 79.9. The second-order valence-corrected chi connectivity index (χ2v) is 7.14. The van der Waals surface area contributed by atoms with E-state index in [1.807, 2.05) is 6.07 Å². The largest absolute Gasteiger partial charge is 0.490 e. The third-order valence-corrected chi connectivity index (χ3v) is 4.45. The molecule has 0 saturated carbocycles. The summed E-state index contributed by atoms with van der Waals surface area (Å²) >= 11 is 3.55. The molecule has 130 valence electrons. The minimum absolute atomic E-state index is 0.140. The van der Waals surface area contributed by atoms with E-state index in [4.69, 9.17) is 14.6 Å². The molecule has 0 spiro atoms. The van der Waals surface area contributed by atoms with Crippen molar-refractivity contribution in [2.75, 3.05) is 19.8 Å². The molecule has 1 rings (SSSR count). The maximum absolute atomic E-state index is 10.3. The highest BCUT2D eigenvalue weighted by Gasteiger charge is 2.21. The number of unbranched alkanes of at least 4 members (excludes halogenated alkanes) is 2. The number of rotatable bonds is 11. The summed E-state index contributed by atoms with van der Waals surface area (Å²) < 4.78 is 11.5. The third kappa shape index (κ3) is 7.36. The molecule has 23 heavy (non-hydrogen) atoms. The number of aliphatic carboxylic acids is 1. The van der Waals surface area contributed by atoms with Gasteiger partial charge in [-0.05, 0) is 45.5 Å². The van der Waals surface area contributed by atoms with Crippen molar-refractivity contribution in [3.63, 3.8) is 0 Å². The standard InChI is InChI=1S/C18H27BrO4/c1-4-5-6-9-18(2,3)14-7-8-16(15(19)12-14)23-11-10-22-13-17(20)21/h7-8,12H,4-6,9-11,13H2,1-3H3,(H,20,21). The Morgan fingerprint density at radius 1 is 1.26 bits per heavy atom.